The first-order valence-corrected chi connectivity index (χ1v) is 9.53. The van der Waals surface area contributed by atoms with Crippen molar-refractivity contribution < 1.29 is 9.59 Å². The van der Waals surface area contributed by atoms with E-state index in [2.05, 4.69) is 21.2 Å². The highest BCUT2D eigenvalue weighted by Gasteiger charge is 2.38. The minimum absolute atomic E-state index is 0.0867. The van der Waals surface area contributed by atoms with Crippen LogP contribution in [0.5, 0.6) is 0 Å². The van der Waals surface area contributed by atoms with Crippen LogP contribution in [-0.2, 0) is 9.59 Å². The number of carbonyl (C=O) groups is 2. The first-order chi connectivity index (χ1) is 12.6. The van der Waals surface area contributed by atoms with Crippen LogP contribution in [0, 0.1) is 0 Å². The number of halogens is 1. The number of hydrogen-bond acceptors (Lipinski definition) is 3. The number of Topliss-reactive ketones (excluding diaryl/α,β-unsaturated/α-hetero) is 1. The van der Waals surface area contributed by atoms with Crippen molar-refractivity contribution in [1.29, 1.82) is 0 Å². The topological polar surface area (TPSA) is 49.4 Å². The number of allylic oxidation sites excluding steroid dienone is 1. The normalized spacial score (nSPS) is 19.4. The SMILES string of the molecule is CC(=O)N1c2ccccc2NC2=C(C(=O)CCC2)[C@H]1c1cccc(Br)c1. The quantitative estimate of drug-likeness (QED) is 0.721. The Morgan fingerprint density at radius 3 is 2.73 bits per heavy atom. The molecule has 0 aromatic heterocycles. The highest BCUT2D eigenvalue weighted by molar-refractivity contribution is 9.10. The van der Waals surface area contributed by atoms with Crippen molar-refractivity contribution in [1.82, 2.24) is 0 Å². The summed E-state index contributed by atoms with van der Waals surface area (Å²) >= 11 is 3.52. The van der Waals surface area contributed by atoms with Crippen LogP contribution < -0.4 is 10.2 Å². The van der Waals surface area contributed by atoms with E-state index in [9.17, 15) is 9.59 Å². The van der Waals surface area contributed by atoms with Crippen molar-refractivity contribution in [2.45, 2.75) is 32.2 Å². The van der Waals surface area contributed by atoms with Gasteiger partial charge in [0.15, 0.2) is 5.78 Å². The highest BCUT2D eigenvalue weighted by atomic mass is 79.9. The van der Waals surface area contributed by atoms with Gasteiger partial charge >= 0.3 is 0 Å². The van der Waals surface area contributed by atoms with Crippen LogP contribution >= 0.6 is 15.9 Å². The molecule has 1 aliphatic heterocycles. The Hall–Kier alpha value is -2.40. The van der Waals surface area contributed by atoms with Crippen molar-refractivity contribution in [3.63, 3.8) is 0 Å². The molecule has 26 heavy (non-hydrogen) atoms. The average Bonchev–Trinajstić information content (AvgIpc) is 2.76. The van der Waals surface area contributed by atoms with Crippen molar-refractivity contribution in [2.24, 2.45) is 0 Å². The number of rotatable bonds is 1. The fourth-order valence-corrected chi connectivity index (χ4v) is 4.29. The number of benzene rings is 2. The van der Waals surface area contributed by atoms with Crippen LogP contribution in [-0.4, -0.2) is 11.7 Å². The molecule has 0 bridgehead atoms. The lowest BCUT2D eigenvalue weighted by Gasteiger charge is -2.33. The number of anilines is 2. The van der Waals surface area contributed by atoms with Gasteiger partial charge in [0.25, 0.3) is 0 Å². The average molecular weight is 411 g/mol. The molecular weight excluding hydrogens is 392 g/mol. The molecule has 1 atom stereocenters. The number of nitrogens with one attached hydrogen (secondary N) is 1. The van der Waals surface area contributed by atoms with E-state index >= 15 is 0 Å². The molecule has 1 aliphatic carbocycles. The maximum absolute atomic E-state index is 12.9. The third kappa shape index (κ3) is 2.86. The van der Waals surface area contributed by atoms with Crippen molar-refractivity contribution in [3.8, 4) is 0 Å². The predicted octanol–water partition coefficient (Wildman–Crippen LogP) is 4.98. The molecule has 2 aromatic rings. The number of amides is 1. The first-order valence-electron chi connectivity index (χ1n) is 8.74. The highest BCUT2D eigenvalue weighted by Crippen LogP contribution is 2.44. The number of ketones is 1. The summed E-state index contributed by atoms with van der Waals surface area (Å²) < 4.78 is 0.925. The smallest absolute Gasteiger partial charge is 0.224 e. The zero-order chi connectivity index (χ0) is 18.3. The second kappa shape index (κ2) is 6.72. The first kappa shape index (κ1) is 17.0. The van der Waals surface area contributed by atoms with Gasteiger partial charge in [0.1, 0.15) is 0 Å². The number of carbonyl (C=O) groups excluding carboxylic acids is 2. The monoisotopic (exact) mass is 410 g/mol. The van der Waals surface area contributed by atoms with Crippen LogP contribution in [0.1, 0.15) is 37.8 Å². The molecule has 0 spiro atoms. The Balaban J connectivity index is 2.01. The number of nitrogens with zero attached hydrogens (tertiary/aromatic N) is 1. The van der Waals surface area contributed by atoms with E-state index in [0.29, 0.717) is 12.0 Å². The fraction of sp³-hybridized carbons (Fsp3) is 0.238. The maximum Gasteiger partial charge on any atom is 0.224 e. The van der Waals surface area contributed by atoms with Gasteiger partial charge < -0.3 is 5.32 Å². The van der Waals surface area contributed by atoms with Crippen molar-refractivity contribution in [2.75, 3.05) is 10.2 Å². The number of hydrogen-bond donors (Lipinski definition) is 1. The van der Waals surface area contributed by atoms with Gasteiger partial charge in [-0.2, -0.15) is 0 Å². The molecule has 0 radical (unpaired) electrons. The van der Waals surface area contributed by atoms with Gasteiger partial charge in [-0.15, -0.1) is 0 Å². The molecule has 0 unspecified atom stereocenters. The molecule has 1 amide bonds. The van der Waals surface area contributed by atoms with Crippen LogP contribution in [0.25, 0.3) is 0 Å². The van der Waals surface area contributed by atoms with Crippen LogP contribution in [0.2, 0.25) is 0 Å². The zero-order valence-corrected chi connectivity index (χ0v) is 16.0. The molecule has 0 saturated heterocycles. The Morgan fingerprint density at radius 2 is 1.96 bits per heavy atom. The molecule has 2 aromatic carbocycles. The van der Waals surface area contributed by atoms with Crippen LogP contribution in [0.4, 0.5) is 11.4 Å². The molecule has 1 N–H and O–H groups in total. The molecule has 132 valence electrons. The summed E-state index contributed by atoms with van der Waals surface area (Å²) in [5, 5.41) is 3.44. The van der Waals surface area contributed by atoms with Crippen LogP contribution in [0.3, 0.4) is 0 Å². The van der Waals surface area contributed by atoms with Gasteiger partial charge in [-0.05, 0) is 42.7 Å². The summed E-state index contributed by atoms with van der Waals surface area (Å²) in [5.74, 6) is 0.0270. The van der Waals surface area contributed by atoms with Gasteiger partial charge in [0.05, 0.1) is 17.4 Å². The predicted molar refractivity (Wildman–Crippen MR) is 106 cm³/mol. The largest absolute Gasteiger partial charge is 0.357 e. The summed E-state index contributed by atoms with van der Waals surface area (Å²) in [7, 11) is 0. The third-order valence-electron chi connectivity index (χ3n) is 4.94. The van der Waals surface area contributed by atoms with Gasteiger partial charge in [-0.3, -0.25) is 14.5 Å². The lowest BCUT2D eigenvalue weighted by Crippen LogP contribution is -2.36. The fourth-order valence-electron chi connectivity index (χ4n) is 3.87. The van der Waals surface area contributed by atoms with Crippen molar-refractivity contribution >= 4 is 39.0 Å². The van der Waals surface area contributed by atoms with Crippen LogP contribution in [0.15, 0.2) is 64.3 Å². The summed E-state index contributed by atoms with van der Waals surface area (Å²) in [6.45, 7) is 1.56. The molecule has 5 heteroatoms. The third-order valence-corrected chi connectivity index (χ3v) is 5.43. The Bertz CT molecular complexity index is 935. The van der Waals surface area contributed by atoms with E-state index in [0.717, 1.165) is 39.9 Å². The Labute approximate surface area is 161 Å². The Morgan fingerprint density at radius 1 is 1.15 bits per heavy atom. The molecule has 2 aliphatic rings. The lowest BCUT2D eigenvalue weighted by molar-refractivity contribution is -0.117. The van der Waals surface area contributed by atoms with E-state index in [1.807, 2.05) is 48.5 Å². The van der Waals surface area contributed by atoms with Gasteiger partial charge in [0, 0.05) is 29.1 Å². The second-order valence-electron chi connectivity index (χ2n) is 6.66. The van der Waals surface area contributed by atoms with E-state index < -0.39 is 6.04 Å². The molecule has 4 nitrogen and oxygen atoms in total. The summed E-state index contributed by atoms with van der Waals surface area (Å²) in [6.07, 6.45) is 2.16. The van der Waals surface area contributed by atoms with Gasteiger partial charge in [0.2, 0.25) is 5.91 Å². The zero-order valence-electron chi connectivity index (χ0n) is 14.5. The summed E-state index contributed by atoms with van der Waals surface area (Å²) in [6, 6.07) is 15.2. The molecule has 1 heterocycles. The Kier molecular flexibility index (Phi) is 4.41. The summed E-state index contributed by atoms with van der Waals surface area (Å²) in [5.41, 5.74) is 4.23. The molecule has 0 fully saturated rings. The van der Waals surface area contributed by atoms with Gasteiger partial charge in [-0.25, -0.2) is 0 Å². The van der Waals surface area contributed by atoms with E-state index in [1.54, 1.807) is 11.8 Å². The minimum atomic E-state index is -0.427. The standard InChI is InChI=1S/C21H19BrN2O2/c1-13(25)24-18-10-3-2-8-16(18)23-17-9-5-11-19(26)20(17)21(24)14-6-4-7-15(22)12-14/h2-4,6-8,10,12,21,23H,5,9,11H2,1H3/t21-/m1/s1. The second-order valence-corrected chi connectivity index (χ2v) is 7.57. The molecule has 4 rings (SSSR count). The van der Waals surface area contributed by atoms with Crippen molar-refractivity contribution in [3.05, 3.63) is 69.8 Å². The molecule has 0 saturated carbocycles. The number of para-hydroxylation sites is 2. The van der Waals surface area contributed by atoms with Gasteiger partial charge in [-0.1, -0.05) is 40.2 Å². The van der Waals surface area contributed by atoms with E-state index in [1.165, 1.54) is 0 Å². The number of fused-ring (bicyclic) bond motifs is 1. The van der Waals surface area contributed by atoms with E-state index in [-0.39, 0.29) is 11.7 Å². The lowest BCUT2D eigenvalue weighted by atomic mass is 9.86. The van der Waals surface area contributed by atoms with E-state index in [4.69, 9.17) is 0 Å². The maximum atomic E-state index is 12.9. The summed E-state index contributed by atoms with van der Waals surface area (Å²) in [4.78, 5) is 27.4. The minimum Gasteiger partial charge on any atom is -0.357 e. The molecular formula is C21H19BrN2O2.